The topological polar surface area (TPSA) is 102 Å². The first-order valence-electron chi connectivity index (χ1n) is 10.5. The van der Waals surface area contributed by atoms with Crippen LogP contribution in [0.15, 0.2) is 48.5 Å². The van der Waals surface area contributed by atoms with Crippen LogP contribution < -0.4 is 14.8 Å². The molecule has 1 heterocycles. The number of hydrogen-bond acceptors (Lipinski definition) is 6. The molecule has 0 radical (unpaired) electrons. The number of aryl methyl sites for hydroxylation is 1. The van der Waals surface area contributed by atoms with Crippen molar-refractivity contribution >= 4 is 21.6 Å². The fourth-order valence-corrected chi connectivity index (χ4v) is 4.79. The Hall–Kier alpha value is -2.62. The number of amides is 1. The third-order valence-corrected chi connectivity index (χ3v) is 6.50. The van der Waals surface area contributed by atoms with Crippen LogP contribution in [0.3, 0.4) is 0 Å². The molecule has 1 amide bonds. The van der Waals surface area contributed by atoms with Crippen molar-refractivity contribution in [2.75, 3.05) is 30.2 Å². The zero-order valence-corrected chi connectivity index (χ0v) is 19.7. The lowest BCUT2D eigenvalue weighted by Gasteiger charge is -2.40. The maximum absolute atomic E-state index is 12.6. The minimum Gasteiger partial charge on any atom is -0.457 e. The Kier molecular flexibility index (Phi) is 7.43. The maximum Gasteiger partial charge on any atom is 0.236 e. The third-order valence-electron chi connectivity index (χ3n) is 5.34. The molecule has 1 saturated heterocycles. The summed E-state index contributed by atoms with van der Waals surface area (Å²) in [5.74, 6) is 0.695. The van der Waals surface area contributed by atoms with E-state index in [0.29, 0.717) is 30.3 Å². The minimum absolute atomic E-state index is 0.0776. The number of sulfonamides is 1. The number of carbonyl (C=O) groups excluding carboxylic acids is 1. The number of nitrogens with two attached hydrogens (primary N) is 1. The van der Waals surface area contributed by atoms with E-state index in [9.17, 15) is 13.2 Å². The van der Waals surface area contributed by atoms with Crippen LogP contribution in [0.25, 0.3) is 0 Å². The SMILES string of the molecule is Cc1ccc(Oc2ccc(N(C[C@@H](C(N)=O)N3C[C@@H](C)O[C@@H](C)C3)S(C)(=O)=O)cc2)cc1. The number of anilines is 1. The molecular weight excluding hydrogens is 430 g/mol. The first kappa shape index (κ1) is 24.0. The van der Waals surface area contributed by atoms with E-state index in [1.165, 1.54) is 4.31 Å². The molecule has 0 aromatic heterocycles. The van der Waals surface area contributed by atoms with Gasteiger partial charge in [0.2, 0.25) is 15.9 Å². The molecule has 1 aliphatic heterocycles. The van der Waals surface area contributed by atoms with Crippen LogP contribution in [0.5, 0.6) is 11.5 Å². The van der Waals surface area contributed by atoms with Crippen molar-refractivity contribution in [3.8, 4) is 11.5 Å². The number of rotatable bonds is 8. The first-order valence-corrected chi connectivity index (χ1v) is 12.4. The summed E-state index contributed by atoms with van der Waals surface area (Å²) in [6, 6.07) is 13.6. The maximum atomic E-state index is 12.6. The molecule has 9 heteroatoms. The summed E-state index contributed by atoms with van der Waals surface area (Å²) in [7, 11) is -3.66. The zero-order chi connectivity index (χ0) is 23.5. The molecule has 32 heavy (non-hydrogen) atoms. The lowest BCUT2D eigenvalue weighted by Crippen LogP contribution is -2.58. The molecule has 2 N–H and O–H groups in total. The molecule has 2 aromatic carbocycles. The van der Waals surface area contributed by atoms with Crippen molar-refractivity contribution in [1.82, 2.24) is 4.90 Å². The monoisotopic (exact) mass is 461 g/mol. The minimum atomic E-state index is -3.66. The molecule has 8 nitrogen and oxygen atoms in total. The van der Waals surface area contributed by atoms with Crippen molar-refractivity contribution in [3.63, 3.8) is 0 Å². The van der Waals surface area contributed by atoms with E-state index in [2.05, 4.69) is 0 Å². The second kappa shape index (κ2) is 9.89. The predicted octanol–water partition coefficient (Wildman–Crippen LogP) is 2.52. The van der Waals surface area contributed by atoms with Gasteiger partial charge in [0.25, 0.3) is 0 Å². The number of nitrogens with zero attached hydrogens (tertiary/aromatic N) is 2. The second-order valence-corrected chi connectivity index (χ2v) is 10.2. The Bertz CT molecular complexity index is 1010. The van der Waals surface area contributed by atoms with Crippen molar-refractivity contribution in [1.29, 1.82) is 0 Å². The van der Waals surface area contributed by atoms with E-state index in [1.807, 2.05) is 49.9 Å². The molecule has 174 valence electrons. The van der Waals surface area contributed by atoms with Gasteiger partial charge < -0.3 is 15.2 Å². The zero-order valence-electron chi connectivity index (χ0n) is 18.9. The van der Waals surface area contributed by atoms with Crippen LogP contribution in [0, 0.1) is 6.92 Å². The van der Waals surface area contributed by atoms with Gasteiger partial charge in [0.05, 0.1) is 30.7 Å². The average Bonchev–Trinajstić information content (AvgIpc) is 2.69. The smallest absolute Gasteiger partial charge is 0.236 e. The molecule has 1 fully saturated rings. The van der Waals surface area contributed by atoms with Crippen LogP contribution in [0.4, 0.5) is 5.69 Å². The summed E-state index contributed by atoms with van der Waals surface area (Å²) < 4.78 is 38.0. The Balaban J connectivity index is 1.81. The predicted molar refractivity (Wildman–Crippen MR) is 124 cm³/mol. The van der Waals surface area contributed by atoms with Gasteiger partial charge in [-0.15, -0.1) is 0 Å². The molecule has 0 aliphatic carbocycles. The quantitative estimate of drug-likeness (QED) is 0.648. The van der Waals surface area contributed by atoms with Crippen molar-refractivity contribution in [2.45, 2.75) is 39.0 Å². The van der Waals surface area contributed by atoms with E-state index >= 15 is 0 Å². The van der Waals surface area contributed by atoms with Gasteiger partial charge in [-0.1, -0.05) is 17.7 Å². The number of morpholine rings is 1. The normalized spacial score (nSPS) is 20.5. The highest BCUT2D eigenvalue weighted by Gasteiger charge is 2.34. The number of carbonyl (C=O) groups is 1. The van der Waals surface area contributed by atoms with E-state index < -0.39 is 22.0 Å². The Morgan fingerprint density at radius 3 is 2.06 bits per heavy atom. The lowest BCUT2D eigenvalue weighted by atomic mass is 10.1. The van der Waals surface area contributed by atoms with Gasteiger partial charge in [-0.05, 0) is 57.2 Å². The molecule has 2 aromatic rings. The van der Waals surface area contributed by atoms with E-state index in [1.54, 1.807) is 24.3 Å². The molecule has 1 aliphatic rings. The Labute approximate surface area is 190 Å². The van der Waals surface area contributed by atoms with Crippen LogP contribution in [-0.2, 0) is 19.6 Å². The van der Waals surface area contributed by atoms with Gasteiger partial charge in [0.1, 0.15) is 17.5 Å². The largest absolute Gasteiger partial charge is 0.457 e. The first-order chi connectivity index (χ1) is 15.0. The molecule has 0 unspecified atom stereocenters. The number of benzene rings is 2. The molecular formula is C23H31N3O5S. The molecule has 3 atom stereocenters. The summed E-state index contributed by atoms with van der Waals surface area (Å²) in [5, 5.41) is 0. The summed E-state index contributed by atoms with van der Waals surface area (Å²) in [6.45, 7) is 6.75. The summed E-state index contributed by atoms with van der Waals surface area (Å²) in [5.41, 5.74) is 7.25. The highest BCUT2D eigenvalue weighted by Crippen LogP contribution is 2.27. The number of primary amides is 1. The van der Waals surface area contributed by atoms with Crippen LogP contribution in [-0.4, -0.2) is 63.4 Å². The Morgan fingerprint density at radius 1 is 1.09 bits per heavy atom. The van der Waals surface area contributed by atoms with E-state index in [4.69, 9.17) is 15.2 Å². The van der Waals surface area contributed by atoms with Gasteiger partial charge in [-0.25, -0.2) is 8.42 Å². The number of hydrogen-bond donors (Lipinski definition) is 1. The lowest BCUT2D eigenvalue weighted by molar-refractivity contribution is -0.129. The summed E-state index contributed by atoms with van der Waals surface area (Å²) in [6.07, 6.45) is 0.961. The van der Waals surface area contributed by atoms with Gasteiger partial charge in [0.15, 0.2) is 0 Å². The van der Waals surface area contributed by atoms with Crippen LogP contribution >= 0.6 is 0 Å². The molecule has 0 saturated carbocycles. The van der Waals surface area contributed by atoms with Crippen LogP contribution in [0.2, 0.25) is 0 Å². The molecule has 0 bridgehead atoms. The third kappa shape index (κ3) is 6.21. The van der Waals surface area contributed by atoms with Crippen molar-refractivity contribution in [3.05, 3.63) is 54.1 Å². The molecule has 0 spiro atoms. The van der Waals surface area contributed by atoms with Crippen LogP contribution in [0.1, 0.15) is 19.4 Å². The Morgan fingerprint density at radius 2 is 1.59 bits per heavy atom. The van der Waals surface area contributed by atoms with E-state index in [-0.39, 0.29) is 18.8 Å². The average molecular weight is 462 g/mol. The molecule has 3 rings (SSSR count). The van der Waals surface area contributed by atoms with Gasteiger partial charge in [-0.3, -0.25) is 14.0 Å². The van der Waals surface area contributed by atoms with E-state index in [0.717, 1.165) is 11.8 Å². The van der Waals surface area contributed by atoms with Crippen molar-refractivity contribution in [2.24, 2.45) is 5.73 Å². The van der Waals surface area contributed by atoms with Gasteiger partial charge in [0, 0.05) is 13.1 Å². The highest BCUT2D eigenvalue weighted by molar-refractivity contribution is 7.92. The van der Waals surface area contributed by atoms with Gasteiger partial charge in [-0.2, -0.15) is 0 Å². The second-order valence-electron chi connectivity index (χ2n) is 8.33. The fourth-order valence-electron chi connectivity index (χ4n) is 3.87. The van der Waals surface area contributed by atoms with Gasteiger partial charge >= 0.3 is 0 Å². The standard InChI is InChI=1S/C23H31N3O5S/c1-16-5-9-20(10-6-16)31-21-11-7-19(8-12-21)26(32(4,28)29)15-22(23(24)27)25-13-17(2)30-18(3)14-25/h5-12,17-18,22H,13-15H2,1-4H3,(H2,24,27)/t17-,18+,22-/m0/s1. The number of ether oxygens (including phenoxy) is 2. The highest BCUT2D eigenvalue weighted by atomic mass is 32.2. The van der Waals surface area contributed by atoms with Crippen molar-refractivity contribution < 1.29 is 22.7 Å². The fraction of sp³-hybridized carbons (Fsp3) is 0.435. The summed E-state index contributed by atoms with van der Waals surface area (Å²) >= 11 is 0. The summed E-state index contributed by atoms with van der Waals surface area (Å²) in [4.78, 5) is 14.2.